The van der Waals surface area contributed by atoms with Crippen LogP contribution >= 0.6 is 10.5 Å². The lowest BCUT2D eigenvalue weighted by Crippen LogP contribution is -2.30. The van der Waals surface area contributed by atoms with Gasteiger partial charge in [0.05, 0.1) is 36.7 Å². The minimum Gasteiger partial charge on any atom is -0.399 e. The van der Waals surface area contributed by atoms with Gasteiger partial charge in [-0.1, -0.05) is 11.9 Å². The van der Waals surface area contributed by atoms with Gasteiger partial charge in [-0.05, 0) is 29.8 Å². The van der Waals surface area contributed by atoms with Gasteiger partial charge in [0.25, 0.3) is 0 Å². The third-order valence-electron chi connectivity index (χ3n) is 3.80. The van der Waals surface area contributed by atoms with E-state index in [9.17, 15) is 10.2 Å². The Kier molecular flexibility index (Phi) is 6.99. The molecule has 2 unspecified atom stereocenters. The lowest BCUT2D eigenvalue weighted by molar-refractivity contribution is 0.281. The topological polar surface area (TPSA) is 102 Å². The molecule has 7 heteroatoms. The maximum Gasteiger partial charge on any atom is 0.0852 e. The van der Waals surface area contributed by atoms with Gasteiger partial charge in [-0.15, -0.1) is 10.5 Å². The zero-order chi connectivity index (χ0) is 17.5. The van der Waals surface area contributed by atoms with E-state index >= 15 is 0 Å². The normalized spacial score (nSPS) is 21.5. The minimum absolute atomic E-state index is 0.00359. The summed E-state index contributed by atoms with van der Waals surface area (Å²) in [5.74, 6) is 4.25. The van der Waals surface area contributed by atoms with Gasteiger partial charge in [-0.2, -0.15) is 0 Å². The molecule has 0 bridgehead atoms. The third-order valence-corrected chi connectivity index (χ3v) is 5.62. The van der Waals surface area contributed by atoms with E-state index in [0.29, 0.717) is 25.3 Å². The highest BCUT2D eigenvalue weighted by atomic mass is 32.2. The summed E-state index contributed by atoms with van der Waals surface area (Å²) in [6, 6.07) is 5.66. The average Bonchev–Trinajstić information content (AvgIpc) is 2.93. The number of aliphatic hydroxyl groups excluding tert-OH is 3. The van der Waals surface area contributed by atoms with Crippen LogP contribution in [0.3, 0.4) is 0 Å². The first-order valence-corrected chi connectivity index (χ1v) is 9.30. The molecule has 132 valence electrons. The Bertz CT molecular complexity index is 640. The fourth-order valence-corrected chi connectivity index (χ4v) is 4.25. The number of hydrogen-bond acceptors (Lipinski definition) is 6. The van der Waals surface area contributed by atoms with E-state index in [0.717, 1.165) is 16.3 Å². The first-order valence-electron chi connectivity index (χ1n) is 7.84. The molecule has 2 atom stereocenters. The van der Waals surface area contributed by atoms with Crippen molar-refractivity contribution in [1.82, 2.24) is 0 Å². The zero-order valence-corrected chi connectivity index (χ0v) is 14.5. The summed E-state index contributed by atoms with van der Waals surface area (Å²) in [7, 11) is -0.373. The van der Waals surface area contributed by atoms with Crippen LogP contribution in [0.1, 0.15) is 10.8 Å². The van der Waals surface area contributed by atoms with Gasteiger partial charge in [0.2, 0.25) is 0 Å². The van der Waals surface area contributed by atoms with Crippen molar-refractivity contribution >= 4 is 32.8 Å². The molecule has 0 fully saturated rings. The molecule has 2 rings (SSSR count). The number of aliphatic hydroxyl groups is 3. The van der Waals surface area contributed by atoms with Crippen molar-refractivity contribution in [2.24, 2.45) is 4.99 Å². The van der Waals surface area contributed by atoms with E-state index in [1.165, 1.54) is 0 Å². The van der Waals surface area contributed by atoms with E-state index < -0.39 is 0 Å². The van der Waals surface area contributed by atoms with Gasteiger partial charge in [0, 0.05) is 24.5 Å². The van der Waals surface area contributed by atoms with Gasteiger partial charge >= 0.3 is 0 Å². The van der Waals surface area contributed by atoms with Gasteiger partial charge < -0.3 is 26.0 Å². The van der Waals surface area contributed by atoms with Crippen LogP contribution in [0.4, 0.5) is 11.4 Å². The summed E-state index contributed by atoms with van der Waals surface area (Å²) in [4.78, 5) is 6.32. The Hall–Kier alpha value is -1.67. The smallest absolute Gasteiger partial charge is 0.0852 e. The number of nitrogens with two attached hydrogens (primary N) is 1. The zero-order valence-electron chi connectivity index (χ0n) is 13.6. The van der Waals surface area contributed by atoms with Crippen LogP contribution in [-0.2, 0) is 0 Å². The Labute approximate surface area is 144 Å². The largest absolute Gasteiger partial charge is 0.399 e. The molecule has 0 aromatic heterocycles. The van der Waals surface area contributed by atoms with Crippen molar-refractivity contribution in [2.45, 2.75) is 5.25 Å². The summed E-state index contributed by atoms with van der Waals surface area (Å²) < 4.78 is 0. The van der Waals surface area contributed by atoms with E-state index in [1.54, 1.807) is 0 Å². The molecule has 1 heterocycles. The number of anilines is 2. The maximum atomic E-state index is 9.31. The van der Waals surface area contributed by atoms with E-state index in [2.05, 4.69) is 16.9 Å². The molecular weight excluding hydrogens is 326 g/mol. The maximum absolute atomic E-state index is 9.31. The molecule has 1 aromatic carbocycles. The van der Waals surface area contributed by atoms with Crippen molar-refractivity contribution in [3.8, 4) is 0 Å². The molecule has 1 aromatic rings. The van der Waals surface area contributed by atoms with Crippen molar-refractivity contribution < 1.29 is 15.3 Å². The van der Waals surface area contributed by atoms with Crippen LogP contribution in [-0.4, -0.2) is 65.7 Å². The second-order valence-corrected chi connectivity index (χ2v) is 7.19. The standard InChI is InChI=1S/C17H25N3O3S/c1-24-16(4-5-17(24)19-6-9-21)14-12-13(18)2-3-15(14)20(7-10-22)8-11-23/h2-5,12,16,21-23H,1,6-11,18H2. The van der Waals surface area contributed by atoms with Crippen LogP contribution in [0.5, 0.6) is 0 Å². The second kappa shape index (κ2) is 8.98. The number of hydrogen-bond donors (Lipinski definition) is 4. The molecule has 1 aliphatic rings. The summed E-state index contributed by atoms with van der Waals surface area (Å²) in [5.41, 5.74) is 8.59. The number of aliphatic imine (C=N–C) groups is 1. The summed E-state index contributed by atoms with van der Waals surface area (Å²) >= 11 is 0. The fourth-order valence-electron chi connectivity index (χ4n) is 2.72. The summed E-state index contributed by atoms with van der Waals surface area (Å²) in [5, 5.41) is 28.5. The van der Waals surface area contributed by atoms with Gasteiger partial charge in [-0.3, -0.25) is 4.99 Å². The van der Waals surface area contributed by atoms with Gasteiger partial charge in [0.15, 0.2) is 0 Å². The van der Waals surface area contributed by atoms with Gasteiger partial charge in [-0.25, -0.2) is 0 Å². The summed E-state index contributed by atoms with van der Waals surface area (Å²) in [6.07, 6.45) is 4.01. The highest BCUT2D eigenvalue weighted by Gasteiger charge is 2.24. The molecule has 6 nitrogen and oxygen atoms in total. The first kappa shape index (κ1) is 18.7. The summed E-state index contributed by atoms with van der Waals surface area (Å²) in [6.45, 7) is 1.27. The SMILES string of the molecule is C=S1C(=NCCO)C=CC1c1cc(N)ccc1N(CCO)CCO. The molecule has 0 spiro atoms. The monoisotopic (exact) mass is 351 g/mol. The van der Waals surface area contributed by atoms with Crippen molar-refractivity contribution in [3.63, 3.8) is 0 Å². The Morgan fingerprint density at radius 1 is 1.17 bits per heavy atom. The lowest BCUT2D eigenvalue weighted by Gasteiger charge is -2.28. The van der Waals surface area contributed by atoms with Crippen molar-refractivity contribution in [2.75, 3.05) is 50.1 Å². The fraction of sp³-hybridized carbons (Fsp3) is 0.412. The van der Waals surface area contributed by atoms with Crippen LogP contribution in [0.25, 0.3) is 0 Å². The number of nitrogen functional groups attached to an aromatic ring is 1. The highest BCUT2D eigenvalue weighted by Crippen LogP contribution is 2.45. The Morgan fingerprint density at radius 3 is 2.50 bits per heavy atom. The number of rotatable bonds is 8. The molecule has 0 radical (unpaired) electrons. The van der Waals surface area contributed by atoms with Crippen LogP contribution in [0.15, 0.2) is 35.3 Å². The molecule has 1 aliphatic heterocycles. The molecule has 24 heavy (non-hydrogen) atoms. The van der Waals surface area contributed by atoms with Crippen molar-refractivity contribution in [3.05, 3.63) is 35.9 Å². The predicted octanol–water partition coefficient (Wildman–Crippen LogP) is 0.762. The minimum atomic E-state index is -0.373. The molecule has 0 amide bonds. The number of benzene rings is 1. The van der Waals surface area contributed by atoms with Gasteiger partial charge in [0.1, 0.15) is 0 Å². The first-order chi connectivity index (χ1) is 11.6. The number of nitrogens with zero attached hydrogens (tertiary/aromatic N) is 2. The quantitative estimate of drug-likeness (QED) is 0.409. The molecule has 0 saturated heterocycles. The van der Waals surface area contributed by atoms with E-state index in [4.69, 9.17) is 10.8 Å². The molecule has 5 N–H and O–H groups in total. The van der Waals surface area contributed by atoms with Crippen molar-refractivity contribution in [1.29, 1.82) is 0 Å². The van der Waals surface area contributed by atoms with Crippen LogP contribution in [0, 0.1) is 0 Å². The Balaban J connectivity index is 2.38. The second-order valence-electron chi connectivity index (χ2n) is 5.40. The Morgan fingerprint density at radius 2 is 1.88 bits per heavy atom. The van der Waals surface area contributed by atoms with Crippen LogP contribution < -0.4 is 10.6 Å². The average molecular weight is 351 g/mol. The molecule has 0 aliphatic carbocycles. The predicted molar refractivity (Wildman–Crippen MR) is 103 cm³/mol. The highest BCUT2D eigenvalue weighted by molar-refractivity contribution is 8.28. The van der Waals surface area contributed by atoms with E-state index in [1.807, 2.05) is 29.2 Å². The molecular formula is C17H25N3O3S. The van der Waals surface area contributed by atoms with E-state index in [-0.39, 0.29) is 35.6 Å². The lowest BCUT2D eigenvalue weighted by atomic mass is 10.1. The third kappa shape index (κ3) is 4.24. The van der Waals surface area contributed by atoms with Crippen LogP contribution in [0.2, 0.25) is 0 Å². The molecule has 0 saturated carbocycles.